The van der Waals surface area contributed by atoms with E-state index in [0.717, 1.165) is 5.06 Å². The molecule has 1 aliphatic rings. The minimum absolute atomic E-state index is 0.00755. The van der Waals surface area contributed by atoms with Gasteiger partial charge in [0, 0.05) is 0 Å². The molecule has 0 saturated carbocycles. The van der Waals surface area contributed by atoms with Gasteiger partial charge < -0.3 is 20.5 Å². The SMILES string of the molecule is OCC1C(O)C(O)CN1O. The summed E-state index contributed by atoms with van der Waals surface area (Å²) in [7, 11) is 0. The van der Waals surface area contributed by atoms with Crippen LogP contribution in [0, 0.1) is 0 Å². The molecule has 4 N–H and O–H groups in total. The number of nitrogens with zero attached hydrogens (tertiary/aromatic N) is 1. The van der Waals surface area contributed by atoms with Gasteiger partial charge in [-0.25, -0.2) is 0 Å². The Morgan fingerprint density at radius 3 is 2.20 bits per heavy atom. The number of hydrogen-bond donors (Lipinski definition) is 4. The molecule has 5 heteroatoms. The Bertz CT molecular complexity index is 120. The molecule has 1 rings (SSSR count). The normalized spacial score (nSPS) is 42.6. The quantitative estimate of drug-likeness (QED) is 0.339. The van der Waals surface area contributed by atoms with Crippen molar-refractivity contribution in [2.45, 2.75) is 18.2 Å². The first-order chi connectivity index (χ1) is 4.66. The molecule has 1 fully saturated rings. The Morgan fingerprint density at radius 2 is 2.00 bits per heavy atom. The van der Waals surface area contributed by atoms with Crippen molar-refractivity contribution in [1.82, 2.24) is 5.06 Å². The van der Waals surface area contributed by atoms with Crippen LogP contribution in [0.5, 0.6) is 0 Å². The first-order valence-corrected chi connectivity index (χ1v) is 3.09. The van der Waals surface area contributed by atoms with Crippen molar-refractivity contribution < 1.29 is 20.5 Å². The van der Waals surface area contributed by atoms with Gasteiger partial charge in [-0.15, -0.1) is 0 Å². The van der Waals surface area contributed by atoms with E-state index in [-0.39, 0.29) is 13.2 Å². The molecule has 10 heavy (non-hydrogen) atoms. The zero-order valence-corrected chi connectivity index (χ0v) is 5.38. The molecule has 1 heterocycles. The standard InChI is InChI=1S/C5H11NO4/c7-2-3-5(9)4(8)1-6(3)10/h3-5,7-10H,1-2H2. The third kappa shape index (κ3) is 1.14. The lowest BCUT2D eigenvalue weighted by molar-refractivity contribution is -0.127. The maximum absolute atomic E-state index is 9.02. The summed E-state index contributed by atoms with van der Waals surface area (Å²) in [5.41, 5.74) is 0. The van der Waals surface area contributed by atoms with Gasteiger partial charge in [0.05, 0.1) is 25.3 Å². The van der Waals surface area contributed by atoms with Crippen molar-refractivity contribution in [3.05, 3.63) is 0 Å². The van der Waals surface area contributed by atoms with Gasteiger partial charge in [-0.3, -0.25) is 0 Å². The topological polar surface area (TPSA) is 84.2 Å². The highest BCUT2D eigenvalue weighted by Crippen LogP contribution is 2.15. The summed E-state index contributed by atoms with van der Waals surface area (Å²) in [6, 6.07) is -0.741. The van der Waals surface area contributed by atoms with Crippen LogP contribution in [0.2, 0.25) is 0 Å². The number of aliphatic hydroxyl groups excluding tert-OH is 3. The number of β-amino-alcohol motifs (C(OH)–C–C–N with tert-alkyl or cyclic N) is 1. The summed E-state index contributed by atoms with van der Waals surface area (Å²) in [4.78, 5) is 0. The maximum Gasteiger partial charge on any atom is 0.101 e. The fraction of sp³-hybridized carbons (Fsp3) is 1.00. The molecule has 0 aromatic rings. The van der Waals surface area contributed by atoms with E-state index >= 15 is 0 Å². The Hall–Kier alpha value is -0.200. The smallest absolute Gasteiger partial charge is 0.101 e. The lowest BCUT2D eigenvalue weighted by atomic mass is 10.1. The second-order valence-corrected chi connectivity index (χ2v) is 2.43. The predicted molar refractivity (Wildman–Crippen MR) is 31.4 cm³/mol. The van der Waals surface area contributed by atoms with E-state index in [2.05, 4.69) is 0 Å². The van der Waals surface area contributed by atoms with Crippen molar-refractivity contribution in [3.63, 3.8) is 0 Å². The van der Waals surface area contributed by atoms with Crippen LogP contribution in [0.3, 0.4) is 0 Å². The van der Waals surface area contributed by atoms with Crippen LogP contribution in [0.15, 0.2) is 0 Å². The zero-order chi connectivity index (χ0) is 7.72. The van der Waals surface area contributed by atoms with Crippen LogP contribution in [0.25, 0.3) is 0 Å². The molecule has 60 valence electrons. The maximum atomic E-state index is 9.02. The monoisotopic (exact) mass is 149 g/mol. The summed E-state index contributed by atoms with van der Waals surface area (Å²) >= 11 is 0. The van der Waals surface area contributed by atoms with E-state index in [9.17, 15) is 0 Å². The van der Waals surface area contributed by atoms with Crippen LogP contribution in [-0.2, 0) is 0 Å². The van der Waals surface area contributed by atoms with Crippen molar-refractivity contribution in [3.8, 4) is 0 Å². The second kappa shape index (κ2) is 2.81. The van der Waals surface area contributed by atoms with Gasteiger partial charge in [0.2, 0.25) is 0 Å². The molecule has 0 bridgehead atoms. The van der Waals surface area contributed by atoms with E-state index in [1.807, 2.05) is 0 Å². The Balaban J connectivity index is 2.55. The minimum atomic E-state index is -1.05. The highest BCUT2D eigenvalue weighted by Gasteiger charge is 2.38. The summed E-state index contributed by atoms with van der Waals surface area (Å²) in [6.45, 7) is -0.360. The molecule has 3 atom stereocenters. The number of hydrogen-bond acceptors (Lipinski definition) is 5. The van der Waals surface area contributed by atoms with Gasteiger partial charge in [-0.1, -0.05) is 0 Å². The van der Waals surface area contributed by atoms with Crippen molar-refractivity contribution >= 4 is 0 Å². The number of rotatable bonds is 1. The van der Waals surface area contributed by atoms with Crippen LogP contribution in [0.4, 0.5) is 0 Å². The molecular weight excluding hydrogens is 138 g/mol. The molecule has 0 aromatic carbocycles. The third-order valence-electron chi connectivity index (χ3n) is 1.73. The second-order valence-electron chi connectivity index (χ2n) is 2.43. The van der Waals surface area contributed by atoms with Crippen LogP contribution < -0.4 is 0 Å². The Kier molecular flexibility index (Phi) is 2.22. The van der Waals surface area contributed by atoms with E-state index in [1.54, 1.807) is 0 Å². The summed E-state index contributed by atoms with van der Waals surface area (Å²) < 4.78 is 0. The van der Waals surface area contributed by atoms with Gasteiger partial charge in [0.25, 0.3) is 0 Å². The van der Waals surface area contributed by atoms with Gasteiger partial charge in [-0.2, -0.15) is 5.06 Å². The third-order valence-corrected chi connectivity index (χ3v) is 1.73. The molecule has 3 unspecified atom stereocenters. The number of hydroxylamine groups is 2. The largest absolute Gasteiger partial charge is 0.395 e. The molecule has 0 aromatic heterocycles. The minimum Gasteiger partial charge on any atom is -0.395 e. The van der Waals surface area contributed by atoms with E-state index in [0.29, 0.717) is 0 Å². The Labute approximate surface area is 58.1 Å². The fourth-order valence-electron chi connectivity index (χ4n) is 1.07. The molecule has 1 aliphatic heterocycles. The highest BCUT2D eigenvalue weighted by atomic mass is 16.5. The molecule has 5 nitrogen and oxygen atoms in total. The zero-order valence-electron chi connectivity index (χ0n) is 5.38. The first-order valence-electron chi connectivity index (χ1n) is 3.09. The number of aliphatic hydroxyl groups is 3. The highest BCUT2D eigenvalue weighted by molar-refractivity contribution is 4.88. The van der Waals surface area contributed by atoms with Gasteiger partial charge in [-0.05, 0) is 0 Å². The van der Waals surface area contributed by atoms with Crippen LogP contribution in [0.1, 0.15) is 0 Å². The van der Waals surface area contributed by atoms with Gasteiger partial charge >= 0.3 is 0 Å². The summed E-state index contributed by atoms with van der Waals surface area (Å²) in [5, 5.41) is 36.1. The average molecular weight is 149 g/mol. The molecule has 1 saturated heterocycles. The van der Waals surface area contributed by atoms with Crippen molar-refractivity contribution in [1.29, 1.82) is 0 Å². The van der Waals surface area contributed by atoms with Gasteiger partial charge in [0.15, 0.2) is 0 Å². The van der Waals surface area contributed by atoms with Crippen molar-refractivity contribution in [2.24, 2.45) is 0 Å². The van der Waals surface area contributed by atoms with Crippen LogP contribution in [-0.4, -0.2) is 57.0 Å². The summed E-state index contributed by atoms with van der Waals surface area (Å²) in [6.07, 6.45) is -2.00. The average Bonchev–Trinajstić information content (AvgIpc) is 2.09. The molecular formula is C5H11NO4. The van der Waals surface area contributed by atoms with Crippen molar-refractivity contribution in [2.75, 3.05) is 13.2 Å². The predicted octanol–water partition coefficient (Wildman–Crippen LogP) is -2.23. The molecule has 0 aliphatic carbocycles. The lowest BCUT2D eigenvalue weighted by Gasteiger charge is -2.16. The molecule has 0 spiro atoms. The first kappa shape index (κ1) is 7.90. The van der Waals surface area contributed by atoms with E-state index < -0.39 is 18.2 Å². The van der Waals surface area contributed by atoms with Crippen LogP contribution >= 0.6 is 0 Å². The van der Waals surface area contributed by atoms with Gasteiger partial charge in [0.1, 0.15) is 6.10 Å². The molecule has 0 radical (unpaired) electrons. The molecule has 0 amide bonds. The summed E-state index contributed by atoms with van der Waals surface area (Å²) in [5.74, 6) is 0. The fourth-order valence-corrected chi connectivity index (χ4v) is 1.07. The lowest BCUT2D eigenvalue weighted by Crippen LogP contribution is -2.37. The van der Waals surface area contributed by atoms with E-state index in [4.69, 9.17) is 20.5 Å². The van der Waals surface area contributed by atoms with E-state index in [1.165, 1.54) is 0 Å². The Morgan fingerprint density at radius 1 is 1.40 bits per heavy atom.